The van der Waals surface area contributed by atoms with Gasteiger partial charge in [0.05, 0.1) is 38.9 Å². The van der Waals surface area contributed by atoms with Gasteiger partial charge in [-0.15, -0.1) is 0 Å². The molecule has 0 aromatic carbocycles. The second kappa shape index (κ2) is 9.67. The van der Waals surface area contributed by atoms with E-state index in [1.54, 1.807) is 12.2 Å². The molecule has 3 fully saturated rings. The van der Waals surface area contributed by atoms with Gasteiger partial charge in [-0.3, -0.25) is 9.63 Å². The zero-order valence-corrected chi connectivity index (χ0v) is 15.1. The van der Waals surface area contributed by atoms with Crippen molar-refractivity contribution in [3.63, 3.8) is 0 Å². The van der Waals surface area contributed by atoms with Crippen LogP contribution in [0.2, 0.25) is 0 Å². The lowest BCUT2D eigenvalue weighted by molar-refractivity contribution is -0.192. The van der Waals surface area contributed by atoms with Crippen LogP contribution < -0.4 is 0 Å². The number of rotatable bonds is 4. The first kappa shape index (κ1) is 21.9. The van der Waals surface area contributed by atoms with Crippen molar-refractivity contribution in [3.05, 3.63) is 0 Å². The van der Waals surface area contributed by atoms with Crippen molar-refractivity contribution in [2.45, 2.75) is 12.6 Å². The van der Waals surface area contributed by atoms with E-state index in [1.165, 1.54) is 0 Å². The van der Waals surface area contributed by atoms with E-state index in [1.807, 2.05) is 0 Å². The van der Waals surface area contributed by atoms with E-state index in [4.69, 9.17) is 24.2 Å². The standard InChI is InChI=1S/C14H24N2O4.C2HF3O2/c1-18-6-4-15-7-11-9-19-10-13(12(11)8-15)14(17)16-3-2-5-20-16;3-2(4,5)1(6)7/h11-13H,2-10H2,1H3;(H,6,7)/t11-,12-,13-;/m1./s1. The maximum Gasteiger partial charge on any atom is 0.490 e. The summed E-state index contributed by atoms with van der Waals surface area (Å²) in [5.41, 5.74) is 0. The highest BCUT2D eigenvalue weighted by atomic mass is 19.4. The van der Waals surface area contributed by atoms with Crippen LogP contribution in [0, 0.1) is 17.8 Å². The van der Waals surface area contributed by atoms with Gasteiger partial charge in [0.2, 0.25) is 0 Å². The Morgan fingerprint density at radius 1 is 1.26 bits per heavy atom. The minimum absolute atomic E-state index is 0.0422. The van der Waals surface area contributed by atoms with Crippen LogP contribution in [0.1, 0.15) is 6.42 Å². The number of hydrogen-bond acceptors (Lipinski definition) is 6. The number of hydrogen-bond donors (Lipinski definition) is 1. The fraction of sp³-hybridized carbons (Fsp3) is 0.875. The number of nitrogens with zero attached hydrogens (tertiary/aromatic N) is 2. The predicted octanol–water partition coefficient (Wildman–Crippen LogP) is 0.624. The van der Waals surface area contributed by atoms with Crippen molar-refractivity contribution in [3.8, 4) is 0 Å². The highest BCUT2D eigenvalue weighted by Crippen LogP contribution is 2.35. The van der Waals surface area contributed by atoms with Gasteiger partial charge in [-0.25, -0.2) is 9.86 Å². The molecule has 1 amide bonds. The maximum absolute atomic E-state index is 12.5. The second-order valence-electron chi connectivity index (χ2n) is 6.75. The van der Waals surface area contributed by atoms with Crippen molar-refractivity contribution in [2.24, 2.45) is 17.8 Å². The molecule has 0 aromatic rings. The van der Waals surface area contributed by atoms with Crippen LogP contribution in [-0.4, -0.2) is 92.8 Å². The Morgan fingerprint density at radius 2 is 1.96 bits per heavy atom. The first-order valence-corrected chi connectivity index (χ1v) is 8.77. The molecule has 0 aliphatic carbocycles. The Labute approximate surface area is 155 Å². The topological polar surface area (TPSA) is 88.5 Å². The van der Waals surface area contributed by atoms with Gasteiger partial charge in [-0.1, -0.05) is 0 Å². The Kier molecular flexibility index (Phi) is 7.83. The van der Waals surface area contributed by atoms with Gasteiger partial charge in [0.1, 0.15) is 0 Å². The summed E-state index contributed by atoms with van der Waals surface area (Å²) in [4.78, 5) is 29.2. The summed E-state index contributed by atoms with van der Waals surface area (Å²) in [6.45, 7) is 6.36. The number of alkyl halides is 3. The van der Waals surface area contributed by atoms with Gasteiger partial charge >= 0.3 is 12.1 Å². The first-order valence-electron chi connectivity index (χ1n) is 8.77. The van der Waals surface area contributed by atoms with Crippen molar-refractivity contribution in [2.75, 3.05) is 59.7 Å². The second-order valence-corrected chi connectivity index (χ2v) is 6.75. The van der Waals surface area contributed by atoms with Crippen molar-refractivity contribution < 1.29 is 42.2 Å². The fourth-order valence-electron chi connectivity index (χ4n) is 3.55. The smallest absolute Gasteiger partial charge is 0.475 e. The van der Waals surface area contributed by atoms with Crippen molar-refractivity contribution in [1.82, 2.24) is 9.96 Å². The molecule has 3 atom stereocenters. The summed E-state index contributed by atoms with van der Waals surface area (Å²) in [5.74, 6) is -1.81. The summed E-state index contributed by atoms with van der Waals surface area (Å²) < 4.78 is 42.5. The molecule has 3 aliphatic rings. The van der Waals surface area contributed by atoms with E-state index in [2.05, 4.69) is 4.90 Å². The normalized spacial score (nSPS) is 28.4. The monoisotopic (exact) mass is 398 g/mol. The Bertz CT molecular complexity index is 513. The molecule has 0 radical (unpaired) electrons. The number of likely N-dealkylation sites (tertiary alicyclic amines) is 1. The van der Waals surface area contributed by atoms with Gasteiger partial charge in [0.15, 0.2) is 0 Å². The number of methoxy groups -OCH3 is 1. The van der Waals surface area contributed by atoms with Gasteiger partial charge in [-0.05, 0) is 18.3 Å². The van der Waals surface area contributed by atoms with Crippen LogP contribution >= 0.6 is 0 Å². The molecule has 0 aromatic heterocycles. The van der Waals surface area contributed by atoms with Gasteiger partial charge in [0.25, 0.3) is 5.91 Å². The summed E-state index contributed by atoms with van der Waals surface area (Å²) in [5, 5.41) is 8.67. The van der Waals surface area contributed by atoms with E-state index in [0.29, 0.717) is 25.0 Å². The summed E-state index contributed by atoms with van der Waals surface area (Å²) >= 11 is 0. The zero-order chi connectivity index (χ0) is 20.0. The van der Waals surface area contributed by atoms with Crippen LogP contribution in [0.25, 0.3) is 0 Å². The molecule has 3 saturated heterocycles. The highest BCUT2D eigenvalue weighted by molar-refractivity contribution is 5.78. The molecular weight excluding hydrogens is 373 g/mol. The third-order valence-corrected chi connectivity index (χ3v) is 4.88. The summed E-state index contributed by atoms with van der Waals surface area (Å²) in [6, 6.07) is 0. The number of carboxylic acids is 1. The van der Waals surface area contributed by atoms with E-state index >= 15 is 0 Å². The molecule has 156 valence electrons. The van der Waals surface area contributed by atoms with Crippen molar-refractivity contribution in [1.29, 1.82) is 0 Å². The van der Waals surface area contributed by atoms with Crippen molar-refractivity contribution >= 4 is 11.9 Å². The lowest BCUT2D eigenvalue weighted by Crippen LogP contribution is -2.45. The molecular formula is C16H25F3N2O6. The van der Waals surface area contributed by atoms with E-state index in [0.717, 1.165) is 45.8 Å². The number of fused-ring (bicyclic) bond motifs is 1. The summed E-state index contributed by atoms with van der Waals surface area (Å²) in [6.07, 6.45) is -4.15. The molecule has 0 spiro atoms. The third-order valence-electron chi connectivity index (χ3n) is 4.88. The highest BCUT2D eigenvalue weighted by Gasteiger charge is 2.45. The number of carbonyl (C=O) groups is 2. The largest absolute Gasteiger partial charge is 0.490 e. The average molecular weight is 398 g/mol. The maximum atomic E-state index is 12.5. The molecule has 3 rings (SSSR count). The van der Waals surface area contributed by atoms with Gasteiger partial charge in [-0.2, -0.15) is 13.2 Å². The zero-order valence-electron chi connectivity index (χ0n) is 15.1. The molecule has 1 N–H and O–H groups in total. The summed E-state index contributed by atoms with van der Waals surface area (Å²) in [7, 11) is 1.73. The van der Waals surface area contributed by atoms with Crippen LogP contribution in [-0.2, 0) is 23.9 Å². The van der Waals surface area contributed by atoms with Gasteiger partial charge in [0, 0.05) is 26.7 Å². The minimum atomic E-state index is -5.08. The number of amides is 1. The first-order chi connectivity index (χ1) is 12.7. The third kappa shape index (κ3) is 6.03. The van der Waals surface area contributed by atoms with Crippen LogP contribution in [0.15, 0.2) is 0 Å². The quantitative estimate of drug-likeness (QED) is 0.743. The minimum Gasteiger partial charge on any atom is -0.475 e. The molecule has 3 heterocycles. The lowest BCUT2D eigenvalue weighted by Gasteiger charge is -2.33. The van der Waals surface area contributed by atoms with Gasteiger partial charge < -0.3 is 19.5 Å². The molecule has 8 nitrogen and oxygen atoms in total. The number of ether oxygens (including phenoxy) is 2. The Morgan fingerprint density at radius 3 is 2.52 bits per heavy atom. The van der Waals surface area contributed by atoms with E-state index < -0.39 is 12.1 Å². The number of aliphatic carboxylic acids is 1. The number of hydroxylamine groups is 2. The molecule has 27 heavy (non-hydrogen) atoms. The fourth-order valence-corrected chi connectivity index (χ4v) is 3.55. The SMILES string of the molecule is COCCN1C[C@@H]2COC[C@@H](C(=O)N3CCCO3)[C@@H]2C1.O=C(O)C(F)(F)F. The molecule has 11 heteroatoms. The Hall–Kier alpha value is -1.43. The number of carboxylic acid groups (broad SMARTS) is 1. The lowest BCUT2D eigenvalue weighted by atomic mass is 9.82. The van der Waals surface area contributed by atoms with Crippen LogP contribution in [0.5, 0.6) is 0 Å². The number of carbonyl (C=O) groups excluding carboxylic acids is 1. The molecule has 0 bridgehead atoms. The van der Waals surface area contributed by atoms with Crippen LogP contribution in [0.4, 0.5) is 13.2 Å². The van der Waals surface area contributed by atoms with Crippen LogP contribution in [0.3, 0.4) is 0 Å². The van der Waals surface area contributed by atoms with E-state index in [9.17, 15) is 18.0 Å². The predicted molar refractivity (Wildman–Crippen MR) is 85.6 cm³/mol. The molecule has 3 aliphatic heterocycles. The Balaban J connectivity index is 0.000000321. The molecule has 0 unspecified atom stereocenters. The number of halogens is 3. The molecule has 0 saturated carbocycles. The average Bonchev–Trinajstić information content (AvgIpc) is 3.27. The van der Waals surface area contributed by atoms with E-state index in [-0.39, 0.29) is 11.8 Å².